The van der Waals surface area contributed by atoms with Crippen molar-refractivity contribution in [2.24, 2.45) is 10.2 Å². The van der Waals surface area contributed by atoms with Crippen LogP contribution in [0.5, 0.6) is 0 Å². The highest BCUT2D eigenvalue weighted by Crippen LogP contribution is 2.25. The number of benzene rings is 2. The van der Waals surface area contributed by atoms with Gasteiger partial charge in [-0.15, -0.1) is 5.10 Å². The zero-order chi connectivity index (χ0) is 17.9. The van der Waals surface area contributed by atoms with E-state index < -0.39 is 11.9 Å². The fourth-order valence-electron chi connectivity index (χ4n) is 2.47. The molecule has 1 aliphatic rings. The molecule has 1 aliphatic heterocycles. The minimum atomic E-state index is -4.45. The first kappa shape index (κ1) is 16.9. The molecule has 7 heteroatoms. The number of anilines is 1. The molecule has 0 spiro atoms. The van der Waals surface area contributed by atoms with Crippen molar-refractivity contribution in [1.82, 2.24) is 0 Å². The van der Waals surface area contributed by atoms with E-state index in [1.54, 1.807) is 29.2 Å². The molecule has 0 N–H and O–H groups in total. The van der Waals surface area contributed by atoms with Crippen molar-refractivity contribution in [2.45, 2.75) is 19.1 Å². The molecule has 0 bridgehead atoms. The summed E-state index contributed by atoms with van der Waals surface area (Å²) >= 11 is 0. The van der Waals surface area contributed by atoms with Gasteiger partial charge in [-0.1, -0.05) is 42.5 Å². The molecule has 2 aromatic rings. The molecule has 0 radical (unpaired) electrons. The van der Waals surface area contributed by atoms with Crippen LogP contribution in [-0.2, 0) is 11.3 Å². The SMILES string of the molecule is O=CN(Cc1ccc(C2=NN=C(C(F)(F)F)C2)cc1)c1ccccc1. The van der Waals surface area contributed by atoms with Gasteiger partial charge in [0.2, 0.25) is 6.41 Å². The van der Waals surface area contributed by atoms with Crippen molar-refractivity contribution >= 4 is 23.5 Å². The van der Waals surface area contributed by atoms with Gasteiger partial charge in [0.25, 0.3) is 0 Å². The van der Waals surface area contributed by atoms with E-state index in [-0.39, 0.29) is 12.1 Å². The Bertz CT molecular complexity index is 812. The zero-order valence-electron chi connectivity index (χ0n) is 13.1. The smallest absolute Gasteiger partial charge is 0.311 e. The van der Waals surface area contributed by atoms with Crippen LogP contribution in [0.25, 0.3) is 0 Å². The van der Waals surface area contributed by atoms with Crippen LogP contribution in [0.4, 0.5) is 18.9 Å². The van der Waals surface area contributed by atoms with Crippen molar-refractivity contribution in [3.8, 4) is 0 Å². The van der Waals surface area contributed by atoms with Crippen molar-refractivity contribution in [3.05, 3.63) is 65.7 Å². The van der Waals surface area contributed by atoms with E-state index in [9.17, 15) is 18.0 Å². The first-order valence-electron chi connectivity index (χ1n) is 7.54. The van der Waals surface area contributed by atoms with Gasteiger partial charge in [0.1, 0.15) is 5.71 Å². The Morgan fingerprint density at radius 1 is 1.00 bits per heavy atom. The summed E-state index contributed by atoms with van der Waals surface area (Å²) in [6.07, 6.45) is -4.04. The van der Waals surface area contributed by atoms with Gasteiger partial charge in [-0.05, 0) is 23.3 Å². The summed E-state index contributed by atoms with van der Waals surface area (Å²) in [6, 6.07) is 16.1. The van der Waals surface area contributed by atoms with Crippen LogP contribution in [0.2, 0.25) is 0 Å². The first-order chi connectivity index (χ1) is 12.0. The zero-order valence-corrected chi connectivity index (χ0v) is 13.1. The number of halogens is 3. The number of para-hydroxylation sites is 1. The Balaban J connectivity index is 1.68. The molecule has 2 aromatic carbocycles. The molecule has 4 nitrogen and oxygen atoms in total. The third-order valence-corrected chi connectivity index (χ3v) is 3.81. The van der Waals surface area contributed by atoms with E-state index in [2.05, 4.69) is 10.2 Å². The summed E-state index contributed by atoms with van der Waals surface area (Å²) in [4.78, 5) is 12.8. The minimum Gasteiger partial charge on any atom is -0.311 e. The Labute approximate surface area is 142 Å². The molecule has 1 amide bonds. The summed E-state index contributed by atoms with van der Waals surface area (Å²) in [5.74, 6) is 0. The standard InChI is InChI=1S/C18H14F3N3O/c19-18(20,21)17-10-16(22-23-17)14-8-6-13(7-9-14)11-24(12-25)15-4-2-1-3-5-15/h1-9,12H,10-11H2. The number of hydrogen-bond donors (Lipinski definition) is 0. The average Bonchev–Trinajstić information content (AvgIpc) is 3.11. The molecule has 0 saturated carbocycles. The molecule has 0 saturated heterocycles. The summed E-state index contributed by atoms with van der Waals surface area (Å²) in [5.41, 5.74) is 1.61. The molecule has 0 aliphatic carbocycles. The fraction of sp³-hybridized carbons (Fsp3) is 0.167. The lowest BCUT2D eigenvalue weighted by Crippen LogP contribution is -2.23. The van der Waals surface area contributed by atoms with Crippen LogP contribution in [-0.4, -0.2) is 24.0 Å². The summed E-state index contributed by atoms with van der Waals surface area (Å²) in [6.45, 7) is 0.366. The lowest BCUT2D eigenvalue weighted by atomic mass is 10.0. The van der Waals surface area contributed by atoms with Crippen LogP contribution in [0.15, 0.2) is 64.8 Å². The molecule has 25 heavy (non-hydrogen) atoms. The Kier molecular flexibility index (Phi) is 4.65. The summed E-state index contributed by atoms with van der Waals surface area (Å²) in [5, 5.41) is 6.84. The normalized spacial score (nSPS) is 14.0. The Morgan fingerprint density at radius 2 is 1.68 bits per heavy atom. The lowest BCUT2D eigenvalue weighted by Gasteiger charge is -2.17. The van der Waals surface area contributed by atoms with E-state index >= 15 is 0 Å². The topological polar surface area (TPSA) is 45.0 Å². The van der Waals surface area contributed by atoms with Gasteiger partial charge in [0.15, 0.2) is 0 Å². The number of nitrogens with zero attached hydrogens (tertiary/aromatic N) is 3. The van der Waals surface area contributed by atoms with Crippen LogP contribution in [0, 0.1) is 0 Å². The maximum Gasteiger partial charge on any atom is 0.431 e. The van der Waals surface area contributed by atoms with Crippen LogP contribution < -0.4 is 4.90 Å². The summed E-state index contributed by atoms with van der Waals surface area (Å²) in [7, 11) is 0. The minimum absolute atomic E-state index is 0.286. The molecule has 3 rings (SSSR count). The fourth-order valence-corrected chi connectivity index (χ4v) is 2.47. The highest BCUT2D eigenvalue weighted by atomic mass is 19.4. The van der Waals surface area contributed by atoms with Gasteiger partial charge in [-0.25, -0.2) is 0 Å². The highest BCUT2D eigenvalue weighted by molar-refractivity contribution is 6.16. The second kappa shape index (κ2) is 6.88. The number of rotatable bonds is 5. The van der Waals surface area contributed by atoms with Gasteiger partial charge in [0, 0.05) is 12.1 Å². The van der Waals surface area contributed by atoms with Crippen molar-refractivity contribution in [1.29, 1.82) is 0 Å². The molecule has 0 atom stereocenters. The molecule has 0 unspecified atom stereocenters. The van der Waals surface area contributed by atoms with E-state index in [0.29, 0.717) is 12.1 Å². The highest BCUT2D eigenvalue weighted by Gasteiger charge is 2.38. The number of alkyl halides is 3. The van der Waals surface area contributed by atoms with E-state index in [0.717, 1.165) is 17.7 Å². The van der Waals surface area contributed by atoms with Crippen molar-refractivity contribution in [2.75, 3.05) is 4.90 Å². The van der Waals surface area contributed by atoms with E-state index in [4.69, 9.17) is 0 Å². The largest absolute Gasteiger partial charge is 0.431 e. The Hall–Kier alpha value is -2.96. The predicted molar refractivity (Wildman–Crippen MR) is 89.8 cm³/mol. The third kappa shape index (κ3) is 3.93. The maximum atomic E-state index is 12.6. The lowest BCUT2D eigenvalue weighted by molar-refractivity contribution is -0.107. The van der Waals surface area contributed by atoms with Crippen LogP contribution in [0.1, 0.15) is 17.5 Å². The van der Waals surface area contributed by atoms with Crippen LogP contribution in [0.3, 0.4) is 0 Å². The van der Waals surface area contributed by atoms with E-state index in [1.165, 1.54) is 0 Å². The van der Waals surface area contributed by atoms with Crippen molar-refractivity contribution in [3.63, 3.8) is 0 Å². The molecular weight excluding hydrogens is 331 g/mol. The molecule has 0 fully saturated rings. The average molecular weight is 345 g/mol. The summed E-state index contributed by atoms with van der Waals surface area (Å²) < 4.78 is 37.8. The van der Waals surface area contributed by atoms with Gasteiger partial charge in [-0.3, -0.25) is 4.79 Å². The molecular formula is C18H14F3N3O. The number of amides is 1. The third-order valence-electron chi connectivity index (χ3n) is 3.81. The number of hydrogen-bond acceptors (Lipinski definition) is 3. The van der Waals surface area contributed by atoms with Gasteiger partial charge in [-0.2, -0.15) is 18.3 Å². The molecule has 0 aromatic heterocycles. The molecule has 128 valence electrons. The maximum absolute atomic E-state index is 12.6. The second-order valence-corrected chi connectivity index (χ2v) is 5.53. The van der Waals surface area contributed by atoms with Gasteiger partial charge >= 0.3 is 6.18 Å². The first-order valence-corrected chi connectivity index (χ1v) is 7.54. The second-order valence-electron chi connectivity index (χ2n) is 5.53. The molecule has 1 heterocycles. The van der Waals surface area contributed by atoms with Gasteiger partial charge in [0.05, 0.1) is 12.3 Å². The van der Waals surface area contributed by atoms with Gasteiger partial charge < -0.3 is 4.90 Å². The Morgan fingerprint density at radius 3 is 2.24 bits per heavy atom. The monoisotopic (exact) mass is 345 g/mol. The number of carbonyl (C=O) groups excluding carboxylic acids is 1. The van der Waals surface area contributed by atoms with E-state index in [1.807, 2.05) is 30.3 Å². The number of carbonyl (C=O) groups is 1. The van der Waals surface area contributed by atoms with Crippen molar-refractivity contribution < 1.29 is 18.0 Å². The predicted octanol–water partition coefficient (Wildman–Crippen LogP) is 3.96. The quantitative estimate of drug-likeness (QED) is 0.757. The van der Waals surface area contributed by atoms with Crippen LogP contribution >= 0.6 is 0 Å².